The first-order chi connectivity index (χ1) is 10.2. The fourth-order valence-corrected chi connectivity index (χ4v) is 1.85. The number of carbonyl (C=O) groups is 1. The summed E-state index contributed by atoms with van der Waals surface area (Å²) in [5.74, 6) is 0.425. The smallest absolute Gasteiger partial charge is 0.340 e. The Kier molecular flexibility index (Phi) is 4.79. The van der Waals surface area contributed by atoms with Crippen LogP contribution in [0.25, 0.3) is 0 Å². The summed E-state index contributed by atoms with van der Waals surface area (Å²) in [7, 11) is 0. The van der Waals surface area contributed by atoms with E-state index in [1.807, 2.05) is 0 Å². The van der Waals surface area contributed by atoms with Crippen LogP contribution in [0, 0.1) is 0 Å². The van der Waals surface area contributed by atoms with Crippen molar-refractivity contribution in [1.82, 2.24) is 0 Å². The minimum absolute atomic E-state index is 0.0739. The third-order valence-corrected chi connectivity index (χ3v) is 2.87. The van der Waals surface area contributed by atoms with Gasteiger partial charge in [-0.1, -0.05) is 18.2 Å². The number of benzene rings is 2. The van der Waals surface area contributed by atoms with Gasteiger partial charge in [-0.2, -0.15) is 0 Å². The Morgan fingerprint density at radius 1 is 1.24 bits per heavy atom. The minimum atomic E-state index is -0.482. The van der Waals surface area contributed by atoms with Crippen molar-refractivity contribution in [2.24, 2.45) is 0 Å². The highest BCUT2D eigenvalue weighted by molar-refractivity contribution is 5.96. The van der Waals surface area contributed by atoms with Crippen LogP contribution < -0.4 is 10.5 Å². The molecule has 0 unspecified atom stereocenters. The van der Waals surface area contributed by atoms with Gasteiger partial charge in [0.05, 0.1) is 24.5 Å². The van der Waals surface area contributed by atoms with E-state index < -0.39 is 5.97 Å². The van der Waals surface area contributed by atoms with Crippen molar-refractivity contribution in [3.63, 3.8) is 0 Å². The van der Waals surface area contributed by atoms with Gasteiger partial charge in [0.2, 0.25) is 0 Å². The monoisotopic (exact) mass is 287 g/mol. The van der Waals surface area contributed by atoms with Crippen molar-refractivity contribution >= 4 is 11.7 Å². The predicted molar refractivity (Wildman–Crippen MR) is 79.2 cm³/mol. The molecular weight excluding hydrogens is 270 g/mol. The Bertz CT molecular complexity index is 640. The SMILES string of the molecule is CCOC(=O)c1cccc(Oc2cccc(CO)c2)c1N. The molecule has 0 saturated carbocycles. The molecule has 21 heavy (non-hydrogen) atoms. The molecule has 0 aliphatic rings. The van der Waals surface area contributed by atoms with Gasteiger partial charge >= 0.3 is 5.97 Å². The summed E-state index contributed by atoms with van der Waals surface area (Å²) in [6.45, 7) is 1.94. The molecule has 110 valence electrons. The number of aliphatic hydroxyl groups is 1. The molecule has 3 N–H and O–H groups in total. The van der Waals surface area contributed by atoms with E-state index in [-0.39, 0.29) is 24.5 Å². The maximum atomic E-state index is 11.8. The highest BCUT2D eigenvalue weighted by Crippen LogP contribution is 2.30. The molecule has 0 heterocycles. The maximum absolute atomic E-state index is 11.8. The van der Waals surface area contributed by atoms with Gasteiger partial charge in [-0.3, -0.25) is 0 Å². The Morgan fingerprint density at radius 3 is 2.71 bits per heavy atom. The summed E-state index contributed by atoms with van der Waals surface area (Å²) in [6, 6.07) is 11.9. The van der Waals surface area contributed by atoms with E-state index in [9.17, 15) is 4.79 Å². The lowest BCUT2D eigenvalue weighted by Crippen LogP contribution is -2.08. The van der Waals surface area contributed by atoms with E-state index in [0.29, 0.717) is 11.5 Å². The molecular formula is C16H17NO4. The van der Waals surface area contributed by atoms with Crippen molar-refractivity contribution < 1.29 is 19.4 Å². The summed E-state index contributed by atoms with van der Waals surface area (Å²) in [6.07, 6.45) is 0. The van der Waals surface area contributed by atoms with Crippen LogP contribution in [-0.2, 0) is 11.3 Å². The third-order valence-electron chi connectivity index (χ3n) is 2.87. The Labute approximate surface area is 122 Å². The largest absolute Gasteiger partial charge is 0.462 e. The second kappa shape index (κ2) is 6.76. The number of ether oxygens (including phenoxy) is 2. The van der Waals surface area contributed by atoms with Gasteiger partial charge < -0.3 is 20.3 Å². The van der Waals surface area contributed by atoms with E-state index in [4.69, 9.17) is 20.3 Å². The van der Waals surface area contributed by atoms with Gasteiger partial charge in [-0.05, 0) is 36.8 Å². The summed E-state index contributed by atoms with van der Waals surface area (Å²) in [4.78, 5) is 11.8. The summed E-state index contributed by atoms with van der Waals surface area (Å²) < 4.78 is 10.6. The molecule has 0 fully saturated rings. The first kappa shape index (κ1) is 14.9. The average molecular weight is 287 g/mol. The van der Waals surface area contributed by atoms with Crippen molar-refractivity contribution in [2.75, 3.05) is 12.3 Å². The van der Waals surface area contributed by atoms with E-state index in [2.05, 4.69) is 0 Å². The number of esters is 1. The standard InChI is InChI=1S/C16H17NO4/c1-2-20-16(19)13-7-4-8-14(15(13)17)21-12-6-3-5-11(9-12)10-18/h3-9,18H,2,10,17H2,1H3. The van der Waals surface area contributed by atoms with Crippen LogP contribution in [0.5, 0.6) is 11.5 Å². The van der Waals surface area contributed by atoms with Gasteiger partial charge in [0.25, 0.3) is 0 Å². The maximum Gasteiger partial charge on any atom is 0.340 e. The molecule has 0 bridgehead atoms. The number of para-hydroxylation sites is 1. The van der Waals surface area contributed by atoms with Gasteiger partial charge in [0.15, 0.2) is 5.75 Å². The second-order valence-electron chi connectivity index (χ2n) is 4.35. The zero-order valence-corrected chi connectivity index (χ0v) is 11.7. The van der Waals surface area contributed by atoms with Gasteiger partial charge in [-0.25, -0.2) is 4.79 Å². The topological polar surface area (TPSA) is 81.8 Å². The number of rotatable bonds is 5. The van der Waals surface area contributed by atoms with E-state index >= 15 is 0 Å². The van der Waals surface area contributed by atoms with Crippen LogP contribution in [0.1, 0.15) is 22.8 Å². The molecule has 0 saturated heterocycles. The van der Waals surface area contributed by atoms with Crippen molar-refractivity contribution in [1.29, 1.82) is 0 Å². The number of hydrogen-bond donors (Lipinski definition) is 2. The van der Waals surface area contributed by atoms with E-state index in [1.165, 1.54) is 0 Å². The second-order valence-corrected chi connectivity index (χ2v) is 4.35. The average Bonchev–Trinajstić information content (AvgIpc) is 2.50. The highest BCUT2D eigenvalue weighted by Gasteiger charge is 2.14. The molecule has 5 nitrogen and oxygen atoms in total. The first-order valence-corrected chi connectivity index (χ1v) is 6.59. The normalized spacial score (nSPS) is 10.2. The molecule has 2 rings (SSSR count). The van der Waals surface area contributed by atoms with Crippen LogP contribution in [0.3, 0.4) is 0 Å². The molecule has 2 aromatic carbocycles. The van der Waals surface area contributed by atoms with Crippen LogP contribution in [0.2, 0.25) is 0 Å². The molecule has 5 heteroatoms. The summed E-state index contributed by atoms with van der Waals surface area (Å²) >= 11 is 0. The van der Waals surface area contributed by atoms with Crippen molar-refractivity contribution in [3.05, 3.63) is 53.6 Å². The number of nitrogens with two attached hydrogens (primary N) is 1. The first-order valence-electron chi connectivity index (χ1n) is 6.59. The van der Waals surface area contributed by atoms with Crippen LogP contribution >= 0.6 is 0 Å². The zero-order valence-electron chi connectivity index (χ0n) is 11.7. The van der Waals surface area contributed by atoms with E-state index in [1.54, 1.807) is 49.4 Å². The lowest BCUT2D eigenvalue weighted by atomic mass is 10.1. The molecule has 2 aromatic rings. The minimum Gasteiger partial charge on any atom is -0.462 e. The molecule has 0 aliphatic heterocycles. The molecule has 0 atom stereocenters. The molecule has 0 amide bonds. The van der Waals surface area contributed by atoms with Gasteiger partial charge in [0, 0.05) is 0 Å². The van der Waals surface area contributed by atoms with E-state index in [0.717, 1.165) is 5.56 Å². The Hall–Kier alpha value is -2.53. The fourth-order valence-electron chi connectivity index (χ4n) is 1.85. The highest BCUT2D eigenvalue weighted by atomic mass is 16.5. The number of carbonyl (C=O) groups excluding carboxylic acids is 1. The molecule has 0 spiro atoms. The fraction of sp³-hybridized carbons (Fsp3) is 0.188. The Balaban J connectivity index is 2.28. The lowest BCUT2D eigenvalue weighted by Gasteiger charge is -2.12. The molecule has 0 radical (unpaired) electrons. The van der Waals surface area contributed by atoms with Crippen molar-refractivity contribution in [2.45, 2.75) is 13.5 Å². The number of anilines is 1. The van der Waals surface area contributed by atoms with Crippen molar-refractivity contribution in [3.8, 4) is 11.5 Å². The zero-order chi connectivity index (χ0) is 15.2. The quantitative estimate of drug-likeness (QED) is 0.652. The third kappa shape index (κ3) is 3.52. The lowest BCUT2D eigenvalue weighted by molar-refractivity contribution is 0.0527. The Morgan fingerprint density at radius 2 is 2.00 bits per heavy atom. The summed E-state index contributed by atoms with van der Waals surface area (Å²) in [5.41, 5.74) is 7.19. The number of hydrogen-bond acceptors (Lipinski definition) is 5. The van der Waals surface area contributed by atoms with Crippen LogP contribution in [-0.4, -0.2) is 17.7 Å². The predicted octanol–water partition coefficient (Wildman–Crippen LogP) is 2.73. The number of nitrogen functional groups attached to an aromatic ring is 1. The number of aliphatic hydroxyl groups excluding tert-OH is 1. The van der Waals surface area contributed by atoms with Crippen LogP contribution in [0.15, 0.2) is 42.5 Å². The molecule has 0 aliphatic carbocycles. The summed E-state index contributed by atoms with van der Waals surface area (Å²) in [5, 5.41) is 9.12. The molecule has 0 aromatic heterocycles. The van der Waals surface area contributed by atoms with Crippen LogP contribution in [0.4, 0.5) is 5.69 Å². The van der Waals surface area contributed by atoms with Gasteiger partial charge in [0.1, 0.15) is 5.75 Å². The van der Waals surface area contributed by atoms with Gasteiger partial charge in [-0.15, -0.1) is 0 Å².